The molecule has 0 aliphatic carbocycles. The van der Waals surface area contributed by atoms with Gasteiger partial charge in [0.25, 0.3) is 0 Å². The van der Waals surface area contributed by atoms with Gasteiger partial charge in [-0.25, -0.2) is 4.98 Å². The van der Waals surface area contributed by atoms with Crippen LogP contribution in [0, 0.1) is 5.92 Å². The Balaban J connectivity index is 2.76. The smallest absolute Gasteiger partial charge is 0.387 e. The van der Waals surface area contributed by atoms with Crippen molar-refractivity contribution in [1.29, 1.82) is 0 Å². The number of para-hydroxylation sites is 1. The van der Waals surface area contributed by atoms with Crippen LogP contribution in [0.5, 0.6) is 0 Å². The number of halogens is 6. The summed E-state index contributed by atoms with van der Waals surface area (Å²) in [5.41, 5.74) is 1.87. The Kier molecular flexibility index (Phi) is 5.53. The maximum absolute atomic E-state index is 13.2. The number of nitrogens with zero attached hydrogens (tertiary/aromatic N) is 1. The third kappa shape index (κ3) is 4.27. The molecule has 0 bridgehead atoms. The molecule has 9 heteroatoms. The van der Waals surface area contributed by atoms with Crippen molar-refractivity contribution in [3.8, 4) is 0 Å². The van der Waals surface area contributed by atoms with Gasteiger partial charge in [-0.3, -0.25) is 0 Å². The molecule has 2 aromatic rings. The van der Waals surface area contributed by atoms with E-state index in [4.69, 9.17) is 5.73 Å². The quantitative estimate of drug-likeness (QED) is 0.758. The molecule has 26 heavy (non-hydrogen) atoms. The number of nitrogens with two attached hydrogens (primary N) is 1. The zero-order chi connectivity index (χ0) is 19.9. The molecular weight excluding hydrogens is 362 g/mol. The Bertz CT molecular complexity index is 785. The van der Waals surface area contributed by atoms with Crippen LogP contribution in [0.4, 0.5) is 26.3 Å². The molecule has 0 saturated heterocycles. The first-order valence-electron chi connectivity index (χ1n) is 7.84. The van der Waals surface area contributed by atoms with E-state index >= 15 is 0 Å². The minimum Gasteiger partial charge on any atom is -0.387 e. The molecule has 0 spiro atoms. The van der Waals surface area contributed by atoms with Crippen LogP contribution in [0.15, 0.2) is 24.3 Å². The molecular formula is C17H18F6N2O. The molecule has 0 aliphatic rings. The van der Waals surface area contributed by atoms with Gasteiger partial charge in [-0.05, 0) is 30.0 Å². The molecule has 2 rings (SSSR count). The fraction of sp³-hybridized carbons (Fsp3) is 0.471. The normalized spacial score (nSPS) is 15.5. The highest BCUT2D eigenvalue weighted by Gasteiger charge is 2.38. The van der Waals surface area contributed by atoms with Crippen molar-refractivity contribution in [2.24, 2.45) is 11.7 Å². The van der Waals surface area contributed by atoms with Gasteiger partial charge in [-0.2, -0.15) is 26.3 Å². The van der Waals surface area contributed by atoms with Crippen LogP contribution in [0.1, 0.15) is 43.2 Å². The van der Waals surface area contributed by atoms with Crippen molar-refractivity contribution < 1.29 is 31.4 Å². The average molecular weight is 380 g/mol. The third-order valence-electron chi connectivity index (χ3n) is 3.94. The van der Waals surface area contributed by atoms with E-state index < -0.39 is 41.3 Å². The topological polar surface area (TPSA) is 59.1 Å². The van der Waals surface area contributed by atoms with Gasteiger partial charge in [0.1, 0.15) is 5.69 Å². The molecule has 1 heterocycles. The lowest BCUT2D eigenvalue weighted by Gasteiger charge is -2.23. The van der Waals surface area contributed by atoms with Crippen molar-refractivity contribution in [2.75, 3.05) is 0 Å². The van der Waals surface area contributed by atoms with Crippen molar-refractivity contribution >= 4 is 10.9 Å². The molecule has 0 fully saturated rings. The summed E-state index contributed by atoms with van der Waals surface area (Å²) in [6.07, 6.45) is -11.1. The molecule has 0 radical (unpaired) electrons. The molecule has 144 valence electrons. The number of hydrogen-bond donors (Lipinski definition) is 2. The van der Waals surface area contributed by atoms with E-state index in [9.17, 15) is 31.4 Å². The molecule has 2 unspecified atom stereocenters. The summed E-state index contributed by atoms with van der Waals surface area (Å²) < 4.78 is 79.0. The summed E-state index contributed by atoms with van der Waals surface area (Å²) in [6.45, 7) is 3.61. The third-order valence-corrected chi connectivity index (χ3v) is 3.94. The summed E-state index contributed by atoms with van der Waals surface area (Å²) in [5, 5.41) is 10.2. The molecule has 0 aliphatic heterocycles. The highest BCUT2D eigenvalue weighted by atomic mass is 19.4. The molecule has 2 atom stereocenters. The largest absolute Gasteiger partial charge is 0.433 e. The number of aliphatic hydroxyl groups is 1. The zero-order valence-electron chi connectivity index (χ0n) is 14.0. The van der Waals surface area contributed by atoms with Gasteiger partial charge in [0.05, 0.1) is 17.2 Å². The van der Waals surface area contributed by atoms with Crippen LogP contribution >= 0.6 is 0 Å². The van der Waals surface area contributed by atoms with Gasteiger partial charge in [0.2, 0.25) is 0 Å². The van der Waals surface area contributed by atoms with E-state index in [-0.39, 0.29) is 23.3 Å². The van der Waals surface area contributed by atoms with Gasteiger partial charge in [0, 0.05) is 11.4 Å². The monoisotopic (exact) mass is 380 g/mol. The van der Waals surface area contributed by atoms with Crippen molar-refractivity contribution in [3.63, 3.8) is 0 Å². The Morgan fingerprint density at radius 2 is 1.69 bits per heavy atom. The van der Waals surface area contributed by atoms with Gasteiger partial charge < -0.3 is 10.8 Å². The van der Waals surface area contributed by atoms with Crippen LogP contribution in [-0.4, -0.2) is 16.1 Å². The lowest BCUT2D eigenvalue weighted by atomic mass is 9.92. The second-order valence-corrected chi connectivity index (χ2v) is 6.53. The lowest BCUT2D eigenvalue weighted by Crippen LogP contribution is -2.30. The number of aliphatic hydroxyl groups excluding tert-OH is 1. The fourth-order valence-electron chi connectivity index (χ4n) is 2.80. The number of alkyl halides is 6. The van der Waals surface area contributed by atoms with Gasteiger partial charge in [-0.1, -0.05) is 26.0 Å². The molecule has 0 saturated carbocycles. The van der Waals surface area contributed by atoms with E-state index in [1.165, 1.54) is 6.07 Å². The first kappa shape index (κ1) is 20.4. The second kappa shape index (κ2) is 7.03. The maximum Gasteiger partial charge on any atom is 0.433 e. The second-order valence-electron chi connectivity index (χ2n) is 6.53. The molecule has 3 nitrogen and oxygen atoms in total. The van der Waals surface area contributed by atoms with Crippen molar-refractivity contribution in [2.45, 2.75) is 44.8 Å². The number of rotatable bonds is 4. The highest BCUT2D eigenvalue weighted by Crippen LogP contribution is 2.39. The van der Waals surface area contributed by atoms with E-state index in [0.717, 1.165) is 6.07 Å². The number of aromatic nitrogens is 1. The molecule has 1 aromatic heterocycles. The predicted octanol–water partition coefficient (Wildman–Crippen LogP) is 4.68. The van der Waals surface area contributed by atoms with Gasteiger partial charge in [-0.15, -0.1) is 0 Å². The Labute approximate surface area is 145 Å². The van der Waals surface area contributed by atoms with Crippen LogP contribution in [0.25, 0.3) is 10.9 Å². The van der Waals surface area contributed by atoms with E-state index in [1.807, 2.05) is 0 Å². The standard InChI is InChI=1S/C17H18F6N2O/c1-8(2)6-12(24)15(26)10-7-13(17(21,22)23)25-14-9(10)4-3-5-11(14)16(18,19)20/h3-5,7-8,12,15,26H,6,24H2,1-2H3. The minimum atomic E-state index is -4.97. The molecule has 3 N–H and O–H groups in total. The van der Waals surface area contributed by atoms with Crippen LogP contribution in [0.3, 0.4) is 0 Å². The van der Waals surface area contributed by atoms with E-state index in [2.05, 4.69) is 4.98 Å². The van der Waals surface area contributed by atoms with Gasteiger partial charge in [0.15, 0.2) is 0 Å². The van der Waals surface area contributed by atoms with Crippen molar-refractivity contribution in [3.05, 3.63) is 41.1 Å². The zero-order valence-corrected chi connectivity index (χ0v) is 14.0. The van der Waals surface area contributed by atoms with E-state index in [1.54, 1.807) is 13.8 Å². The predicted molar refractivity (Wildman–Crippen MR) is 84.1 cm³/mol. The average Bonchev–Trinajstić information content (AvgIpc) is 2.49. The van der Waals surface area contributed by atoms with Crippen LogP contribution in [0.2, 0.25) is 0 Å². The number of fused-ring (bicyclic) bond motifs is 1. The summed E-state index contributed by atoms with van der Waals surface area (Å²) in [7, 11) is 0. The van der Waals surface area contributed by atoms with Crippen LogP contribution < -0.4 is 5.73 Å². The van der Waals surface area contributed by atoms with Crippen molar-refractivity contribution in [1.82, 2.24) is 4.98 Å². The Morgan fingerprint density at radius 3 is 2.19 bits per heavy atom. The molecule has 1 aromatic carbocycles. The summed E-state index contributed by atoms with van der Waals surface area (Å²) in [5.74, 6) is 0.0422. The maximum atomic E-state index is 13.2. The van der Waals surface area contributed by atoms with E-state index in [0.29, 0.717) is 12.1 Å². The SMILES string of the molecule is CC(C)CC(N)C(O)c1cc(C(F)(F)F)nc2c(C(F)(F)F)cccc12. The Hall–Kier alpha value is -1.87. The summed E-state index contributed by atoms with van der Waals surface area (Å²) in [6, 6.07) is 2.53. The van der Waals surface area contributed by atoms with Crippen LogP contribution in [-0.2, 0) is 12.4 Å². The van der Waals surface area contributed by atoms with Gasteiger partial charge >= 0.3 is 12.4 Å². The number of hydrogen-bond acceptors (Lipinski definition) is 3. The lowest BCUT2D eigenvalue weighted by molar-refractivity contribution is -0.142. The highest BCUT2D eigenvalue weighted by molar-refractivity contribution is 5.86. The number of pyridine rings is 1. The molecule has 0 amide bonds. The number of benzene rings is 1. The first-order valence-corrected chi connectivity index (χ1v) is 7.84. The fourth-order valence-corrected chi connectivity index (χ4v) is 2.80. The first-order chi connectivity index (χ1) is 11.8. The minimum absolute atomic E-state index is 0.0422. The summed E-state index contributed by atoms with van der Waals surface area (Å²) in [4.78, 5) is 3.18. The summed E-state index contributed by atoms with van der Waals surface area (Å²) >= 11 is 0. The Morgan fingerprint density at radius 1 is 1.08 bits per heavy atom.